The van der Waals surface area contributed by atoms with E-state index in [0.29, 0.717) is 27.8 Å². The van der Waals surface area contributed by atoms with Crippen molar-refractivity contribution in [2.75, 3.05) is 5.32 Å². The highest BCUT2D eigenvalue weighted by Crippen LogP contribution is 2.34. The smallest absolute Gasteiger partial charge is 0.263 e. The molecule has 1 amide bonds. The normalized spacial score (nSPS) is 10.8. The second-order valence-corrected chi connectivity index (χ2v) is 8.39. The minimum Gasteiger partial charge on any atom is -0.618 e. The quantitative estimate of drug-likeness (QED) is 0.300. The van der Waals surface area contributed by atoms with Crippen molar-refractivity contribution in [3.05, 3.63) is 72.1 Å². The van der Waals surface area contributed by atoms with E-state index < -0.39 is 0 Å². The zero-order chi connectivity index (χ0) is 21.2. The molecule has 28 heavy (non-hydrogen) atoms. The molecule has 4 nitrogen and oxygen atoms in total. The summed E-state index contributed by atoms with van der Waals surface area (Å²) in [5, 5.41) is 15.7. The van der Waals surface area contributed by atoms with E-state index in [9.17, 15) is 10.0 Å². The Hall–Kier alpha value is -1.66. The van der Waals surface area contributed by atoms with Crippen LogP contribution >= 0.6 is 31.9 Å². The highest BCUT2D eigenvalue weighted by Gasteiger charge is 2.27. The zero-order valence-corrected chi connectivity index (χ0v) is 20.2. The number of hydrogen-bond acceptors (Lipinski definition) is 2. The van der Waals surface area contributed by atoms with Gasteiger partial charge in [0.25, 0.3) is 5.91 Å². The topological polar surface area (TPSA) is 56.0 Å². The maximum absolute atomic E-state index is 13.3. The summed E-state index contributed by atoms with van der Waals surface area (Å²) >= 11 is 7.22. The number of nitrogens with zero attached hydrogens (tertiary/aromatic N) is 1. The van der Waals surface area contributed by atoms with Gasteiger partial charge in [0.15, 0.2) is 5.69 Å². The molecule has 1 aromatic heterocycles. The van der Waals surface area contributed by atoms with E-state index >= 15 is 0 Å². The molecule has 0 radical (unpaired) electrons. The summed E-state index contributed by atoms with van der Waals surface area (Å²) in [6, 6.07) is 2.09. The lowest BCUT2D eigenvalue weighted by Crippen LogP contribution is -2.38. The van der Waals surface area contributed by atoms with Crippen molar-refractivity contribution in [2.45, 2.75) is 53.9 Å². The first-order chi connectivity index (χ1) is 13.2. The molecule has 0 atom stereocenters. The molecule has 150 valence electrons. The van der Waals surface area contributed by atoms with Crippen LogP contribution < -0.4 is 10.0 Å². The number of carbonyl (C=O) groups is 1. The van der Waals surface area contributed by atoms with Crippen molar-refractivity contribution in [1.29, 1.82) is 0 Å². The van der Waals surface area contributed by atoms with E-state index in [1.165, 1.54) is 0 Å². The Balaban J connectivity index is 2.64. The van der Waals surface area contributed by atoms with Crippen molar-refractivity contribution < 1.29 is 9.52 Å². The fourth-order valence-electron chi connectivity index (χ4n) is 3.47. The van der Waals surface area contributed by atoms with Crippen LogP contribution in [0.1, 0.15) is 57.8 Å². The van der Waals surface area contributed by atoms with E-state index in [-0.39, 0.29) is 5.91 Å². The van der Waals surface area contributed by atoms with Crippen LogP contribution in [-0.4, -0.2) is 5.91 Å². The van der Waals surface area contributed by atoms with Gasteiger partial charge in [-0.15, -0.1) is 6.58 Å². The molecule has 2 rings (SSSR count). The molecular weight excluding hydrogens is 484 g/mol. The van der Waals surface area contributed by atoms with E-state index in [2.05, 4.69) is 70.6 Å². The molecule has 0 aliphatic heterocycles. The minimum absolute atomic E-state index is 0.292. The molecule has 0 spiro atoms. The third-order valence-corrected chi connectivity index (χ3v) is 7.04. The van der Waals surface area contributed by atoms with Crippen LogP contribution in [0.5, 0.6) is 0 Å². The number of benzene rings is 1. The molecule has 1 aromatic carbocycles. The van der Waals surface area contributed by atoms with Crippen LogP contribution in [0.15, 0.2) is 27.7 Å². The number of hydrogen-bond donors (Lipinski definition) is 1. The highest BCUT2D eigenvalue weighted by atomic mass is 79.9. The molecule has 0 saturated carbocycles. The predicted molar refractivity (Wildman–Crippen MR) is 122 cm³/mol. The fourth-order valence-corrected chi connectivity index (χ4v) is 4.98. The maximum Gasteiger partial charge on any atom is 0.263 e. The lowest BCUT2D eigenvalue weighted by atomic mass is 9.98. The summed E-state index contributed by atoms with van der Waals surface area (Å²) in [5.74, 6) is -0.292. The van der Waals surface area contributed by atoms with Crippen LogP contribution in [0.3, 0.4) is 0 Å². The van der Waals surface area contributed by atoms with Gasteiger partial charge in [-0.25, -0.2) is 0 Å². The predicted octanol–water partition coefficient (Wildman–Crippen LogP) is 5.88. The summed E-state index contributed by atoms with van der Waals surface area (Å²) in [7, 11) is 0. The first-order valence-electron chi connectivity index (χ1n) is 9.33. The number of aryl methyl sites for hydroxylation is 2. The number of halogens is 2. The molecule has 0 aliphatic carbocycles. The zero-order valence-electron chi connectivity index (χ0n) is 17.0. The Morgan fingerprint density at radius 3 is 2.32 bits per heavy atom. The number of allylic oxidation sites excluding steroid dienone is 1. The Bertz CT molecular complexity index is 953. The highest BCUT2D eigenvalue weighted by molar-refractivity contribution is 9.11. The van der Waals surface area contributed by atoms with Gasteiger partial charge in [-0.2, -0.15) is 4.73 Å². The molecule has 1 N–H and O–H groups in total. The molecule has 0 fully saturated rings. The SMILES string of the molecule is C=CCc1c(Br)c(C(=O)Nc2c(CC)cc(C)c(Br)c2CC)c(C)[n+]([O-])c1C. The fraction of sp³-hybridized carbons (Fsp3) is 0.364. The molecule has 2 aromatic rings. The van der Waals surface area contributed by atoms with Gasteiger partial charge >= 0.3 is 0 Å². The van der Waals surface area contributed by atoms with Crippen LogP contribution in [0, 0.1) is 26.0 Å². The minimum atomic E-state index is -0.292. The number of amides is 1. The van der Waals surface area contributed by atoms with Crippen molar-refractivity contribution >= 4 is 43.5 Å². The molecule has 0 saturated heterocycles. The number of aromatic nitrogens is 1. The first-order valence-corrected chi connectivity index (χ1v) is 10.9. The Morgan fingerprint density at radius 1 is 1.14 bits per heavy atom. The van der Waals surface area contributed by atoms with Crippen LogP contribution in [0.25, 0.3) is 0 Å². The van der Waals surface area contributed by atoms with Crippen molar-refractivity contribution in [3.8, 4) is 0 Å². The van der Waals surface area contributed by atoms with Gasteiger partial charge in [0.2, 0.25) is 5.69 Å². The van der Waals surface area contributed by atoms with Crippen LogP contribution in [0.4, 0.5) is 5.69 Å². The molecule has 0 unspecified atom stereocenters. The van der Waals surface area contributed by atoms with Gasteiger partial charge in [-0.05, 0) is 58.8 Å². The summed E-state index contributed by atoms with van der Waals surface area (Å²) < 4.78 is 2.48. The standard InChI is InChI=1S/C22H26Br2N2O2/c1-7-10-17-13(5)26(28)14(6)18(20(17)24)22(27)25-21-15(8-2)11-12(4)19(23)16(21)9-3/h7,11H,1,8-10H2,2-6H3,(H,25,27). The third-order valence-electron chi connectivity index (χ3n) is 5.07. The Morgan fingerprint density at radius 2 is 1.79 bits per heavy atom. The second-order valence-electron chi connectivity index (χ2n) is 6.81. The third kappa shape index (κ3) is 4.03. The van der Waals surface area contributed by atoms with Gasteiger partial charge in [0.05, 0.1) is 0 Å². The number of carbonyl (C=O) groups excluding carboxylic acids is 1. The molecule has 0 bridgehead atoms. The largest absolute Gasteiger partial charge is 0.618 e. The van der Waals surface area contributed by atoms with Gasteiger partial charge < -0.3 is 10.5 Å². The number of pyridine rings is 1. The molecule has 1 heterocycles. The first kappa shape index (κ1) is 22.6. The lowest BCUT2D eigenvalue weighted by molar-refractivity contribution is -0.619. The van der Waals surface area contributed by atoms with Gasteiger partial charge in [0.1, 0.15) is 5.56 Å². The van der Waals surface area contributed by atoms with Crippen LogP contribution in [0.2, 0.25) is 0 Å². The van der Waals surface area contributed by atoms with Crippen molar-refractivity contribution in [3.63, 3.8) is 0 Å². The Kier molecular flexibility index (Phi) is 7.46. The maximum atomic E-state index is 13.3. The summed E-state index contributed by atoms with van der Waals surface area (Å²) in [6.45, 7) is 13.4. The van der Waals surface area contributed by atoms with Crippen LogP contribution in [-0.2, 0) is 19.3 Å². The molecule has 6 heteroatoms. The molecular formula is C22H26Br2N2O2. The average Bonchev–Trinajstić information content (AvgIpc) is 2.66. The second kappa shape index (κ2) is 9.23. The van der Waals surface area contributed by atoms with Gasteiger partial charge in [0, 0.05) is 34.0 Å². The molecule has 0 aliphatic rings. The summed E-state index contributed by atoms with van der Waals surface area (Å²) in [6.07, 6.45) is 3.81. The number of rotatable bonds is 6. The Labute approximate surface area is 183 Å². The average molecular weight is 510 g/mol. The van der Waals surface area contributed by atoms with E-state index in [1.54, 1.807) is 19.9 Å². The van der Waals surface area contributed by atoms with Gasteiger partial charge in [-0.3, -0.25) is 4.79 Å². The van der Waals surface area contributed by atoms with Crippen molar-refractivity contribution in [1.82, 2.24) is 0 Å². The van der Waals surface area contributed by atoms with E-state index in [4.69, 9.17) is 0 Å². The lowest BCUT2D eigenvalue weighted by Gasteiger charge is -2.20. The summed E-state index contributed by atoms with van der Waals surface area (Å²) in [4.78, 5) is 13.3. The van der Waals surface area contributed by atoms with Gasteiger partial charge in [-0.1, -0.05) is 41.9 Å². The van der Waals surface area contributed by atoms with Crippen molar-refractivity contribution in [2.24, 2.45) is 0 Å². The summed E-state index contributed by atoms with van der Waals surface area (Å²) in [5.41, 5.74) is 6.18. The van der Waals surface area contributed by atoms with E-state index in [0.717, 1.165) is 50.0 Å². The number of nitrogens with one attached hydrogen (secondary N) is 1. The number of anilines is 1. The monoisotopic (exact) mass is 508 g/mol. The van der Waals surface area contributed by atoms with E-state index in [1.807, 2.05) is 0 Å².